The molecule has 0 spiro atoms. The van der Waals surface area contributed by atoms with E-state index in [4.69, 9.17) is 0 Å². The van der Waals surface area contributed by atoms with Crippen molar-refractivity contribution in [1.29, 1.82) is 0 Å². The first-order chi connectivity index (χ1) is 12.4. The SMILES string of the molecule is O=C(c1cc2cc([N+](=O)[O-])ccc2[nH]1)c1cc2cc([N+](=O)[O-])ccc2[nH]1. The highest BCUT2D eigenvalue weighted by molar-refractivity contribution is 6.11. The van der Waals surface area contributed by atoms with Crippen LogP contribution in [0.2, 0.25) is 0 Å². The lowest BCUT2D eigenvalue weighted by molar-refractivity contribution is -0.384. The molecule has 2 heterocycles. The Morgan fingerprint density at radius 1 is 0.731 bits per heavy atom. The van der Waals surface area contributed by atoms with E-state index in [1.54, 1.807) is 24.3 Å². The van der Waals surface area contributed by atoms with E-state index in [0.717, 1.165) is 0 Å². The molecule has 0 saturated heterocycles. The lowest BCUT2D eigenvalue weighted by Gasteiger charge is -1.93. The Bertz CT molecular complexity index is 1130. The number of nitro benzene ring substituents is 2. The summed E-state index contributed by atoms with van der Waals surface area (Å²) in [6, 6.07) is 11.6. The molecule has 0 aliphatic heterocycles. The summed E-state index contributed by atoms with van der Waals surface area (Å²) < 4.78 is 0. The molecule has 0 aliphatic carbocycles. The maximum atomic E-state index is 12.7. The zero-order valence-electron chi connectivity index (χ0n) is 13.1. The van der Waals surface area contributed by atoms with E-state index in [2.05, 4.69) is 9.97 Å². The lowest BCUT2D eigenvalue weighted by Crippen LogP contribution is -2.01. The topological polar surface area (TPSA) is 135 Å². The lowest BCUT2D eigenvalue weighted by atomic mass is 10.2. The van der Waals surface area contributed by atoms with Gasteiger partial charge in [0, 0.05) is 46.1 Å². The maximum absolute atomic E-state index is 12.7. The Kier molecular flexibility index (Phi) is 3.29. The summed E-state index contributed by atoms with van der Waals surface area (Å²) in [6.07, 6.45) is 0. The van der Waals surface area contributed by atoms with Crippen molar-refractivity contribution in [3.8, 4) is 0 Å². The standard InChI is InChI=1S/C17H10N4O5/c22-17(15-7-9-5-11(20(23)24)1-3-13(9)18-15)16-8-10-6-12(21(25)26)2-4-14(10)19-16/h1-8,18-19H. The number of aromatic amines is 2. The fraction of sp³-hybridized carbons (Fsp3) is 0. The van der Waals surface area contributed by atoms with Crippen molar-refractivity contribution < 1.29 is 14.6 Å². The van der Waals surface area contributed by atoms with Gasteiger partial charge in [-0.3, -0.25) is 25.0 Å². The summed E-state index contributed by atoms with van der Waals surface area (Å²) >= 11 is 0. The van der Waals surface area contributed by atoms with Crippen LogP contribution in [0.4, 0.5) is 11.4 Å². The number of H-pyrrole nitrogens is 2. The van der Waals surface area contributed by atoms with Crippen LogP contribution in [0.3, 0.4) is 0 Å². The minimum atomic E-state index is -0.501. The van der Waals surface area contributed by atoms with Gasteiger partial charge in [-0.1, -0.05) is 0 Å². The Hall–Kier alpha value is -4.01. The largest absolute Gasteiger partial charge is 0.352 e. The van der Waals surface area contributed by atoms with E-state index in [0.29, 0.717) is 21.8 Å². The van der Waals surface area contributed by atoms with Crippen LogP contribution in [0.25, 0.3) is 21.8 Å². The molecule has 0 atom stereocenters. The van der Waals surface area contributed by atoms with Crippen LogP contribution < -0.4 is 0 Å². The smallest absolute Gasteiger partial charge is 0.270 e. The molecular weight excluding hydrogens is 340 g/mol. The number of carbonyl (C=O) groups is 1. The van der Waals surface area contributed by atoms with Gasteiger partial charge in [-0.25, -0.2) is 0 Å². The van der Waals surface area contributed by atoms with Gasteiger partial charge in [0.05, 0.1) is 21.2 Å². The summed E-state index contributed by atoms with van der Waals surface area (Å²) in [7, 11) is 0. The van der Waals surface area contributed by atoms with Crippen molar-refractivity contribution in [1.82, 2.24) is 9.97 Å². The highest BCUT2D eigenvalue weighted by Crippen LogP contribution is 2.25. The number of nitrogens with one attached hydrogen (secondary N) is 2. The first-order valence-electron chi connectivity index (χ1n) is 7.51. The number of carbonyl (C=O) groups excluding carboxylic acids is 1. The van der Waals surface area contributed by atoms with E-state index < -0.39 is 9.85 Å². The van der Waals surface area contributed by atoms with Crippen LogP contribution in [-0.2, 0) is 0 Å². The molecule has 0 fully saturated rings. The van der Waals surface area contributed by atoms with Crippen LogP contribution in [-0.4, -0.2) is 25.6 Å². The molecule has 128 valence electrons. The van der Waals surface area contributed by atoms with E-state index >= 15 is 0 Å². The number of ketones is 1. The second-order valence-corrected chi connectivity index (χ2v) is 5.75. The van der Waals surface area contributed by atoms with Gasteiger partial charge < -0.3 is 9.97 Å². The van der Waals surface area contributed by atoms with Crippen LogP contribution in [0, 0.1) is 20.2 Å². The van der Waals surface area contributed by atoms with Gasteiger partial charge >= 0.3 is 0 Å². The van der Waals surface area contributed by atoms with Crippen molar-refractivity contribution in [2.75, 3.05) is 0 Å². The average Bonchev–Trinajstić information content (AvgIpc) is 3.23. The number of hydrogen-bond donors (Lipinski definition) is 2. The highest BCUT2D eigenvalue weighted by Gasteiger charge is 2.17. The Labute approximate surface area is 144 Å². The molecule has 26 heavy (non-hydrogen) atoms. The first kappa shape index (κ1) is 15.5. The molecule has 0 aliphatic rings. The van der Waals surface area contributed by atoms with Gasteiger partial charge in [0.25, 0.3) is 11.4 Å². The quantitative estimate of drug-likeness (QED) is 0.329. The van der Waals surface area contributed by atoms with E-state index in [-0.39, 0.29) is 28.5 Å². The van der Waals surface area contributed by atoms with Gasteiger partial charge in [-0.15, -0.1) is 0 Å². The predicted octanol–water partition coefficient (Wildman–Crippen LogP) is 3.70. The summed E-state index contributed by atoms with van der Waals surface area (Å²) in [5, 5.41) is 22.8. The molecule has 9 heteroatoms. The molecule has 0 unspecified atom stereocenters. The van der Waals surface area contributed by atoms with Crippen molar-refractivity contribution in [2.24, 2.45) is 0 Å². The number of nitrogens with zero attached hydrogens (tertiary/aromatic N) is 2. The Balaban J connectivity index is 1.75. The molecule has 0 radical (unpaired) electrons. The fourth-order valence-electron chi connectivity index (χ4n) is 2.86. The van der Waals surface area contributed by atoms with Gasteiger partial charge in [-0.2, -0.15) is 0 Å². The molecule has 2 aromatic carbocycles. The number of fused-ring (bicyclic) bond motifs is 2. The van der Waals surface area contributed by atoms with Crippen LogP contribution in [0.15, 0.2) is 48.5 Å². The summed E-state index contributed by atoms with van der Waals surface area (Å²) in [6.45, 7) is 0. The molecule has 4 rings (SSSR count). The van der Waals surface area contributed by atoms with Gasteiger partial charge in [-0.05, 0) is 24.3 Å². The van der Waals surface area contributed by atoms with Crippen molar-refractivity contribution >= 4 is 39.0 Å². The van der Waals surface area contributed by atoms with Gasteiger partial charge in [0.1, 0.15) is 0 Å². The molecular formula is C17H10N4O5. The zero-order valence-corrected chi connectivity index (χ0v) is 13.1. The molecule has 2 aromatic heterocycles. The minimum absolute atomic E-state index is 0.0616. The third-order valence-corrected chi connectivity index (χ3v) is 4.12. The number of nitro groups is 2. The number of aromatic nitrogens is 2. The third-order valence-electron chi connectivity index (χ3n) is 4.12. The second kappa shape index (κ2) is 5.52. The number of hydrogen-bond acceptors (Lipinski definition) is 5. The monoisotopic (exact) mass is 350 g/mol. The normalized spacial score (nSPS) is 11.1. The van der Waals surface area contributed by atoms with Gasteiger partial charge in [0.15, 0.2) is 0 Å². The zero-order chi connectivity index (χ0) is 18.4. The van der Waals surface area contributed by atoms with E-state index in [1.165, 1.54) is 24.3 Å². The number of rotatable bonds is 4. The maximum Gasteiger partial charge on any atom is 0.270 e. The third kappa shape index (κ3) is 2.47. The minimum Gasteiger partial charge on any atom is -0.352 e. The molecule has 2 N–H and O–H groups in total. The summed E-state index contributed by atoms with van der Waals surface area (Å²) in [5.74, 6) is -0.345. The van der Waals surface area contributed by atoms with Crippen molar-refractivity contribution in [3.63, 3.8) is 0 Å². The molecule has 0 bridgehead atoms. The molecule has 0 saturated carbocycles. The van der Waals surface area contributed by atoms with Gasteiger partial charge in [0.2, 0.25) is 5.78 Å². The summed E-state index contributed by atoms with van der Waals surface area (Å²) in [4.78, 5) is 39.3. The second-order valence-electron chi connectivity index (χ2n) is 5.75. The summed E-state index contributed by atoms with van der Waals surface area (Å²) in [5.41, 5.74) is 1.61. The van der Waals surface area contributed by atoms with E-state index in [1.807, 2.05) is 0 Å². The number of non-ortho nitro benzene ring substituents is 2. The number of benzene rings is 2. The van der Waals surface area contributed by atoms with Crippen LogP contribution in [0.1, 0.15) is 16.2 Å². The fourth-order valence-corrected chi connectivity index (χ4v) is 2.86. The van der Waals surface area contributed by atoms with Crippen molar-refractivity contribution in [3.05, 3.63) is 80.1 Å². The first-order valence-corrected chi connectivity index (χ1v) is 7.51. The molecule has 9 nitrogen and oxygen atoms in total. The van der Waals surface area contributed by atoms with Crippen LogP contribution in [0.5, 0.6) is 0 Å². The van der Waals surface area contributed by atoms with E-state index in [9.17, 15) is 25.0 Å². The Morgan fingerprint density at radius 2 is 1.15 bits per heavy atom. The predicted molar refractivity (Wildman–Crippen MR) is 93.3 cm³/mol. The highest BCUT2D eigenvalue weighted by atomic mass is 16.6. The Morgan fingerprint density at radius 3 is 1.54 bits per heavy atom. The van der Waals surface area contributed by atoms with Crippen LogP contribution >= 0.6 is 0 Å². The molecule has 4 aromatic rings. The van der Waals surface area contributed by atoms with Crippen molar-refractivity contribution in [2.45, 2.75) is 0 Å². The average molecular weight is 350 g/mol. The molecule has 0 amide bonds.